The second kappa shape index (κ2) is 6.36. The van der Waals surface area contributed by atoms with Crippen LogP contribution in [0.3, 0.4) is 0 Å². The molecule has 0 saturated carbocycles. The summed E-state index contributed by atoms with van der Waals surface area (Å²) in [5.74, 6) is -1.47. The Morgan fingerprint density at radius 3 is 2.71 bits per heavy atom. The molecule has 0 radical (unpaired) electrons. The van der Waals surface area contributed by atoms with Crippen molar-refractivity contribution in [2.24, 2.45) is 5.41 Å². The molecule has 0 bridgehead atoms. The van der Waals surface area contributed by atoms with Gasteiger partial charge in [0.2, 0.25) is 11.8 Å². The molecule has 0 saturated heterocycles. The summed E-state index contributed by atoms with van der Waals surface area (Å²) in [4.78, 5) is 27.6. The van der Waals surface area contributed by atoms with Crippen LogP contribution in [0.1, 0.15) is 12.8 Å². The molecular formula is C14H16N2O5. The maximum atomic E-state index is 12.3. The van der Waals surface area contributed by atoms with Crippen LogP contribution in [0.25, 0.3) is 0 Å². The first kappa shape index (κ1) is 15.0. The fourth-order valence-corrected chi connectivity index (χ4v) is 2.08. The number of pyridine rings is 1. The normalized spacial score (nSPS) is 15.7. The highest BCUT2D eigenvalue weighted by Gasteiger charge is 2.46. The van der Waals surface area contributed by atoms with Gasteiger partial charge in [-0.05, 0) is 18.9 Å². The first-order valence-corrected chi connectivity index (χ1v) is 6.48. The summed E-state index contributed by atoms with van der Waals surface area (Å²) in [6.07, 6.45) is 5.16. The highest BCUT2D eigenvalue weighted by molar-refractivity contribution is 6.09. The zero-order chi connectivity index (χ0) is 15.3. The minimum atomic E-state index is -1.45. The molecule has 1 aromatic heterocycles. The summed E-state index contributed by atoms with van der Waals surface area (Å²) in [6, 6.07) is 3.02. The molecule has 0 unspecified atom stereocenters. The highest BCUT2D eigenvalue weighted by Crippen LogP contribution is 2.35. The van der Waals surface area contributed by atoms with E-state index < -0.39 is 17.3 Å². The molecule has 1 aliphatic carbocycles. The first-order chi connectivity index (χ1) is 10.1. The van der Waals surface area contributed by atoms with Gasteiger partial charge in [-0.15, -0.1) is 0 Å². The lowest BCUT2D eigenvalue weighted by molar-refractivity contribution is -0.153. The van der Waals surface area contributed by atoms with E-state index in [-0.39, 0.29) is 31.9 Å². The number of aliphatic carboxylic acids is 1. The SMILES string of the molecule is O=C(O)C1(C(=O)Nc2ccnc(OCCO)c2)CC=CC1. The number of nitrogens with one attached hydrogen (secondary N) is 1. The van der Waals surface area contributed by atoms with Gasteiger partial charge < -0.3 is 20.3 Å². The zero-order valence-corrected chi connectivity index (χ0v) is 11.3. The number of aliphatic hydroxyl groups excluding tert-OH is 1. The lowest BCUT2D eigenvalue weighted by Gasteiger charge is -2.22. The number of ether oxygens (including phenoxy) is 1. The van der Waals surface area contributed by atoms with Crippen molar-refractivity contribution in [1.82, 2.24) is 4.98 Å². The van der Waals surface area contributed by atoms with E-state index in [4.69, 9.17) is 9.84 Å². The standard InChI is InChI=1S/C14H16N2O5/c17-7-8-21-11-9-10(3-6-15-11)16-12(18)14(13(19)20)4-1-2-5-14/h1-3,6,9,17H,4-5,7-8H2,(H,19,20)(H,15,16,18). The van der Waals surface area contributed by atoms with Gasteiger partial charge in [-0.2, -0.15) is 0 Å². The van der Waals surface area contributed by atoms with Crippen molar-refractivity contribution in [1.29, 1.82) is 0 Å². The quantitative estimate of drug-likeness (QED) is 0.529. The maximum Gasteiger partial charge on any atom is 0.319 e. The van der Waals surface area contributed by atoms with Gasteiger partial charge in [0.05, 0.1) is 6.61 Å². The van der Waals surface area contributed by atoms with Crippen molar-refractivity contribution in [2.45, 2.75) is 12.8 Å². The molecule has 2 rings (SSSR count). The molecule has 1 aromatic rings. The van der Waals surface area contributed by atoms with Crippen LogP contribution in [0.2, 0.25) is 0 Å². The number of carbonyl (C=O) groups excluding carboxylic acids is 1. The summed E-state index contributed by atoms with van der Waals surface area (Å²) in [6.45, 7) is -0.0561. The molecule has 0 spiro atoms. The minimum Gasteiger partial charge on any atom is -0.480 e. The van der Waals surface area contributed by atoms with E-state index in [1.54, 1.807) is 18.2 Å². The molecular weight excluding hydrogens is 276 g/mol. The molecule has 0 aromatic carbocycles. The Bertz CT molecular complexity index is 562. The molecule has 0 aliphatic heterocycles. The van der Waals surface area contributed by atoms with Gasteiger partial charge in [0.15, 0.2) is 5.41 Å². The third-order valence-electron chi connectivity index (χ3n) is 3.28. The van der Waals surface area contributed by atoms with Crippen LogP contribution in [-0.2, 0) is 9.59 Å². The number of hydrogen-bond acceptors (Lipinski definition) is 5. The molecule has 112 valence electrons. The van der Waals surface area contributed by atoms with Crippen molar-refractivity contribution >= 4 is 17.6 Å². The second-order valence-corrected chi connectivity index (χ2v) is 4.68. The highest BCUT2D eigenvalue weighted by atomic mass is 16.5. The van der Waals surface area contributed by atoms with E-state index in [1.165, 1.54) is 12.3 Å². The number of rotatable bonds is 6. The van der Waals surface area contributed by atoms with Gasteiger partial charge >= 0.3 is 5.97 Å². The Labute approximate surface area is 121 Å². The smallest absolute Gasteiger partial charge is 0.319 e. The fourth-order valence-electron chi connectivity index (χ4n) is 2.08. The van der Waals surface area contributed by atoms with E-state index >= 15 is 0 Å². The zero-order valence-electron chi connectivity index (χ0n) is 11.3. The predicted molar refractivity (Wildman–Crippen MR) is 73.9 cm³/mol. The Morgan fingerprint density at radius 2 is 2.10 bits per heavy atom. The van der Waals surface area contributed by atoms with Crippen LogP contribution in [-0.4, -0.2) is 40.3 Å². The molecule has 1 aliphatic rings. The number of aliphatic hydroxyl groups is 1. The number of amides is 1. The Kier molecular flexibility index (Phi) is 4.54. The third kappa shape index (κ3) is 3.19. The van der Waals surface area contributed by atoms with Crippen LogP contribution < -0.4 is 10.1 Å². The lowest BCUT2D eigenvalue weighted by atomic mass is 9.84. The molecule has 7 nitrogen and oxygen atoms in total. The van der Waals surface area contributed by atoms with Gasteiger partial charge in [0.25, 0.3) is 0 Å². The molecule has 21 heavy (non-hydrogen) atoms. The van der Waals surface area contributed by atoms with E-state index in [1.807, 2.05) is 0 Å². The van der Waals surface area contributed by atoms with Crippen molar-refractivity contribution in [3.05, 3.63) is 30.5 Å². The Morgan fingerprint density at radius 1 is 1.38 bits per heavy atom. The van der Waals surface area contributed by atoms with E-state index in [0.717, 1.165) is 0 Å². The van der Waals surface area contributed by atoms with Crippen molar-refractivity contribution in [3.8, 4) is 5.88 Å². The molecule has 0 atom stereocenters. The predicted octanol–water partition coefficient (Wildman–Crippen LogP) is 0.812. The van der Waals surface area contributed by atoms with Gasteiger partial charge in [0.1, 0.15) is 6.61 Å². The average molecular weight is 292 g/mol. The topological polar surface area (TPSA) is 109 Å². The monoisotopic (exact) mass is 292 g/mol. The summed E-state index contributed by atoms with van der Waals surface area (Å²) in [5.41, 5.74) is -1.05. The molecule has 3 N–H and O–H groups in total. The lowest BCUT2D eigenvalue weighted by Crippen LogP contribution is -2.41. The van der Waals surface area contributed by atoms with Crippen LogP contribution in [0.5, 0.6) is 5.88 Å². The number of aromatic nitrogens is 1. The molecule has 1 heterocycles. The third-order valence-corrected chi connectivity index (χ3v) is 3.28. The maximum absolute atomic E-state index is 12.3. The summed E-state index contributed by atoms with van der Waals surface area (Å²) >= 11 is 0. The van der Waals surface area contributed by atoms with Crippen LogP contribution in [0, 0.1) is 5.41 Å². The van der Waals surface area contributed by atoms with Gasteiger partial charge in [-0.3, -0.25) is 9.59 Å². The summed E-state index contributed by atoms with van der Waals surface area (Å²) in [7, 11) is 0. The van der Waals surface area contributed by atoms with Crippen molar-refractivity contribution < 1.29 is 24.5 Å². The number of hydrogen-bond donors (Lipinski definition) is 3. The summed E-state index contributed by atoms with van der Waals surface area (Å²) < 4.78 is 5.13. The van der Waals surface area contributed by atoms with Gasteiger partial charge in [-0.1, -0.05) is 12.2 Å². The van der Waals surface area contributed by atoms with Crippen LogP contribution in [0.15, 0.2) is 30.5 Å². The van der Waals surface area contributed by atoms with Gasteiger partial charge in [0, 0.05) is 18.0 Å². The number of anilines is 1. The minimum absolute atomic E-state index is 0.0907. The Balaban J connectivity index is 2.10. The fraction of sp³-hybridized carbons (Fsp3) is 0.357. The van der Waals surface area contributed by atoms with Crippen molar-refractivity contribution in [2.75, 3.05) is 18.5 Å². The number of carbonyl (C=O) groups is 2. The molecule has 0 fully saturated rings. The van der Waals surface area contributed by atoms with Gasteiger partial charge in [-0.25, -0.2) is 4.98 Å². The van der Waals surface area contributed by atoms with Crippen LogP contribution >= 0.6 is 0 Å². The number of allylic oxidation sites excluding steroid dienone is 2. The number of carboxylic acids is 1. The largest absolute Gasteiger partial charge is 0.480 e. The van der Waals surface area contributed by atoms with Crippen LogP contribution in [0.4, 0.5) is 5.69 Å². The number of nitrogens with zero attached hydrogens (tertiary/aromatic N) is 1. The molecule has 7 heteroatoms. The molecule has 1 amide bonds. The van der Waals surface area contributed by atoms with E-state index in [9.17, 15) is 14.7 Å². The summed E-state index contributed by atoms with van der Waals surface area (Å²) in [5, 5.41) is 20.6. The second-order valence-electron chi connectivity index (χ2n) is 4.68. The van der Waals surface area contributed by atoms with E-state index in [2.05, 4.69) is 10.3 Å². The number of carboxylic acid groups (broad SMARTS) is 1. The van der Waals surface area contributed by atoms with E-state index in [0.29, 0.717) is 5.69 Å². The average Bonchev–Trinajstić information content (AvgIpc) is 2.96. The first-order valence-electron chi connectivity index (χ1n) is 6.48. The Hall–Kier alpha value is -2.41. The van der Waals surface area contributed by atoms with Crippen molar-refractivity contribution in [3.63, 3.8) is 0 Å².